The van der Waals surface area contributed by atoms with E-state index in [4.69, 9.17) is 16.3 Å². The molecule has 0 bridgehead atoms. The van der Waals surface area contributed by atoms with Crippen molar-refractivity contribution < 1.29 is 19.1 Å². The summed E-state index contributed by atoms with van der Waals surface area (Å²) in [6.45, 7) is 0.832. The molecule has 1 atom stereocenters. The first-order chi connectivity index (χ1) is 16.0. The monoisotopic (exact) mass is 482 g/mol. The highest BCUT2D eigenvalue weighted by Crippen LogP contribution is 2.24. The van der Waals surface area contributed by atoms with Crippen LogP contribution in [0.2, 0.25) is 5.02 Å². The molecule has 33 heavy (non-hydrogen) atoms. The Hall–Kier alpha value is -3.16. The second kappa shape index (κ2) is 10.6. The van der Waals surface area contributed by atoms with Crippen molar-refractivity contribution in [3.8, 4) is 0 Å². The Morgan fingerprint density at radius 1 is 1.06 bits per heavy atom. The van der Waals surface area contributed by atoms with Gasteiger partial charge in [-0.15, -0.1) is 11.3 Å². The Morgan fingerprint density at radius 3 is 2.61 bits per heavy atom. The van der Waals surface area contributed by atoms with Crippen molar-refractivity contribution in [1.29, 1.82) is 0 Å². The predicted octanol–water partition coefficient (Wildman–Crippen LogP) is 4.39. The molecule has 0 saturated heterocycles. The number of hydrogen-bond acceptors (Lipinski definition) is 5. The average Bonchev–Trinajstić information content (AvgIpc) is 3.31. The Labute approximate surface area is 201 Å². The molecule has 0 spiro atoms. The van der Waals surface area contributed by atoms with Crippen LogP contribution in [0.3, 0.4) is 0 Å². The molecule has 0 fully saturated rings. The summed E-state index contributed by atoms with van der Waals surface area (Å²) in [4.78, 5) is 40.9. The Morgan fingerprint density at radius 2 is 1.82 bits per heavy atom. The maximum absolute atomic E-state index is 12.8. The number of carbonyl (C=O) groups is 3. The Balaban J connectivity index is 1.37. The van der Waals surface area contributed by atoms with Gasteiger partial charge in [-0.25, -0.2) is 0 Å². The van der Waals surface area contributed by atoms with E-state index in [1.54, 1.807) is 40.5 Å². The highest BCUT2D eigenvalue weighted by atomic mass is 35.5. The number of ether oxygens (including phenoxy) is 1. The number of carbonyl (C=O) groups excluding carboxylic acids is 3. The van der Waals surface area contributed by atoms with Crippen molar-refractivity contribution in [3.05, 3.63) is 92.6 Å². The molecular weight excluding hydrogens is 460 g/mol. The smallest absolute Gasteiger partial charge is 0.308 e. The lowest BCUT2D eigenvalue weighted by molar-refractivity contribution is -0.152. The number of rotatable bonds is 7. The van der Waals surface area contributed by atoms with Crippen molar-refractivity contribution in [2.45, 2.75) is 25.4 Å². The van der Waals surface area contributed by atoms with E-state index in [2.05, 4.69) is 5.32 Å². The molecule has 3 aromatic rings. The van der Waals surface area contributed by atoms with Crippen molar-refractivity contribution in [2.24, 2.45) is 0 Å². The number of nitrogens with zero attached hydrogens (tertiary/aromatic N) is 1. The number of amides is 2. The summed E-state index contributed by atoms with van der Waals surface area (Å²) in [5, 5.41) is 5.21. The molecule has 6 nitrogen and oxygen atoms in total. The topological polar surface area (TPSA) is 75.7 Å². The van der Waals surface area contributed by atoms with Crippen LogP contribution in [-0.4, -0.2) is 35.8 Å². The fourth-order valence-corrected chi connectivity index (χ4v) is 4.85. The molecule has 8 heteroatoms. The van der Waals surface area contributed by atoms with Gasteiger partial charge in [0, 0.05) is 18.0 Å². The van der Waals surface area contributed by atoms with Crippen molar-refractivity contribution in [1.82, 2.24) is 10.2 Å². The molecule has 2 amide bonds. The molecule has 0 radical (unpaired) electrons. The number of halogens is 1. The van der Waals surface area contributed by atoms with Crippen LogP contribution in [0, 0.1) is 0 Å². The second-order valence-corrected chi connectivity index (χ2v) is 9.12. The SMILES string of the molecule is O=C(CC(NC(=O)c1ccccc1Cl)c1ccccc1)OCC(=O)N1CCc2sccc2C1. The van der Waals surface area contributed by atoms with Gasteiger partial charge in [0.2, 0.25) is 0 Å². The molecule has 4 rings (SSSR count). The van der Waals surface area contributed by atoms with Gasteiger partial charge in [-0.3, -0.25) is 14.4 Å². The van der Waals surface area contributed by atoms with Gasteiger partial charge in [0.1, 0.15) is 0 Å². The van der Waals surface area contributed by atoms with Gasteiger partial charge in [-0.2, -0.15) is 0 Å². The fraction of sp³-hybridized carbons (Fsp3) is 0.240. The van der Waals surface area contributed by atoms with Crippen LogP contribution in [-0.2, 0) is 27.3 Å². The average molecular weight is 483 g/mol. The summed E-state index contributed by atoms with van der Waals surface area (Å²) in [5.41, 5.74) is 2.22. The standard InChI is InChI=1S/C25H23ClN2O4S/c26-20-9-5-4-8-19(20)25(31)27-21(17-6-2-1-3-7-17)14-24(30)32-16-23(29)28-12-10-22-18(15-28)11-13-33-22/h1-9,11,13,21H,10,12,14-16H2,(H,27,31). The third-order valence-electron chi connectivity index (χ3n) is 5.51. The van der Waals surface area contributed by atoms with Crippen LogP contribution < -0.4 is 5.32 Å². The van der Waals surface area contributed by atoms with Crippen LogP contribution in [0.5, 0.6) is 0 Å². The first kappa shape index (κ1) is 23.0. The zero-order valence-corrected chi connectivity index (χ0v) is 19.4. The molecule has 1 aromatic heterocycles. The predicted molar refractivity (Wildman–Crippen MR) is 127 cm³/mol. The van der Waals surface area contributed by atoms with E-state index in [1.165, 1.54) is 4.88 Å². The maximum Gasteiger partial charge on any atom is 0.308 e. The molecule has 2 aromatic carbocycles. The third kappa shape index (κ3) is 5.80. The van der Waals surface area contributed by atoms with E-state index in [9.17, 15) is 14.4 Å². The number of fused-ring (bicyclic) bond motifs is 1. The normalized spacial score (nSPS) is 13.7. The quantitative estimate of drug-likeness (QED) is 0.507. The minimum atomic E-state index is -0.624. The molecule has 1 aliphatic heterocycles. The van der Waals surface area contributed by atoms with Gasteiger partial charge in [0.05, 0.1) is 23.0 Å². The summed E-state index contributed by atoms with van der Waals surface area (Å²) in [5.74, 6) is -1.18. The molecule has 0 saturated carbocycles. The molecule has 0 aliphatic carbocycles. The molecular formula is C25H23ClN2O4S. The number of esters is 1. The zero-order valence-electron chi connectivity index (χ0n) is 17.8. The van der Waals surface area contributed by atoms with E-state index in [-0.39, 0.29) is 18.9 Å². The van der Waals surface area contributed by atoms with Gasteiger partial charge < -0.3 is 15.0 Å². The summed E-state index contributed by atoms with van der Waals surface area (Å²) in [6, 6.07) is 17.3. The number of hydrogen-bond donors (Lipinski definition) is 1. The summed E-state index contributed by atoms with van der Waals surface area (Å²) >= 11 is 7.84. The van der Waals surface area contributed by atoms with Crippen LogP contribution in [0.1, 0.15) is 38.8 Å². The van der Waals surface area contributed by atoms with Crippen LogP contribution in [0.25, 0.3) is 0 Å². The minimum Gasteiger partial charge on any atom is -0.455 e. The van der Waals surface area contributed by atoms with E-state index in [0.29, 0.717) is 23.7 Å². The van der Waals surface area contributed by atoms with E-state index < -0.39 is 17.9 Å². The van der Waals surface area contributed by atoms with E-state index >= 15 is 0 Å². The number of thiophene rings is 1. The van der Waals surface area contributed by atoms with Gasteiger partial charge >= 0.3 is 5.97 Å². The minimum absolute atomic E-state index is 0.109. The van der Waals surface area contributed by atoms with E-state index in [1.807, 2.05) is 41.8 Å². The van der Waals surface area contributed by atoms with Gasteiger partial charge in [0.25, 0.3) is 11.8 Å². The van der Waals surface area contributed by atoms with Crippen molar-refractivity contribution in [3.63, 3.8) is 0 Å². The summed E-state index contributed by atoms with van der Waals surface area (Å²) in [7, 11) is 0. The summed E-state index contributed by atoms with van der Waals surface area (Å²) in [6.07, 6.45) is 0.707. The third-order valence-corrected chi connectivity index (χ3v) is 6.87. The van der Waals surface area contributed by atoms with Crippen LogP contribution >= 0.6 is 22.9 Å². The highest BCUT2D eigenvalue weighted by molar-refractivity contribution is 7.10. The Kier molecular flexibility index (Phi) is 7.42. The van der Waals surface area contributed by atoms with Gasteiger partial charge in [-0.05, 0) is 41.1 Å². The second-order valence-electron chi connectivity index (χ2n) is 7.72. The first-order valence-electron chi connectivity index (χ1n) is 10.6. The lowest BCUT2D eigenvalue weighted by Gasteiger charge is -2.27. The van der Waals surface area contributed by atoms with Gasteiger partial charge in [-0.1, -0.05) is 54.1 Å². The highest BCUT2D eigenvalue weighted by Gasteiger charge is 2.24. The molecule has 2 heterocycles. The number of benzene rings is 2. The van der Waals surface area contributed by atoms with E-state index in [0.717, 1.165) is 17.5 Å². The van der Waals surface area contributed by atoms with Crippen molar-refractivity contribution in [2.75, 3.05) is 13.2 Å². The molecule has 1 aliphatic rings. The zero-order chi connectivity index (χ0) is 23.2. The lowest BCUT2D eigenvalue weighted by Crippen LogP contribution is -2.38. The largest absolute Gasteiger partial charge is 0.455 e. The fourth-order valence-electron chi connectivity index (χ4n) is 3.74. The molecule has 170 valence electrons. The van der Waals surface area contributed by atoms with Crippen LogP contribution in [0.15, 0.2) is 66.0 Å². The number of nitrogens with one attached hydrogen (secondary N) is 1. The van der Waals surface area contributed by atoms with Gasteiger partial charge in [0.15, 0.2) is 6.61 Å². The molecule has 1 unspecified atom stereocenters. The Bertz CT molecular complexity index is 1150. The van der Waals surface area contributed by atoms with Crippen molar-refractivity contribution >= 4 is 40.7 Å². The molecule has 1 N–H and O–H groups in total. The van der Waals surface area contributed by atoms with Crippen LogP contribution in [0.4, 0.5) is 0 Å². The first-order valence-corrected chi connectivity index (χ1v) is 11.9. The maximum atomic E-state index is 12.8. The summed E-state index contributed by atoms with van der Waals surface area (Å²) < 4.78 is 5.28. The lowest BCUT2D eigenvalue weighted by atomic mass is 10.0.